The molecule has 2 saturated carbocycles. The van der Waals surface area contributed by atoms with Crippen LogP contribution in [0.15, 0.2) is 115 Å². The van der Waals surface area contributed by atoms with Gasteiger partial charge in [-0.3, -0.25) is 0 Å². The van der Waals surface area contributed by atoms with E-state index in [1.54, 1.807) is 7.11 Å². The van der Waals surface area contributed by atoms with Crippen LogP contribution in [0.5, 0.6) is 23.0 Å². The number of hydrogen-bond donors (Lipinski definition) is 0. The summed E-state index contributed by atoms with van der Waals surface area (Å²) in [6, 6.07) is 36.2. The van der Waals surface area contributed by atoms with Crippen molar-refractivity contribution in [3.8, 4) is 34.1 Å². The van der Waals surface area contributed by atoms with Gasteiger partial charge in [-0.25, -0.2) is 9.97 Å². The Bertz CT molecular complexity index is 2840. The van der Waals surface area contributed by atoms with Gasteiger partial charge in [0.1, 0.15) is 35.9 Å². The molecule has 366 valence electrons. The van der Waals surface area contributed by atoms with Gasteiger partial charge in [-0.15, -0.1) is 6.58 Å². The maximum Gasteiger partial charge on any atom is 0.123 e. The van der Waals surface area contributed by atoms with Crippen molar-refractivity contribution in [2.24, 2.45) is 17.8 Å². The molecule has 2 aliphatic rings. The number of methoxy groups -OCH3 is 1. The number of carbonyl (C=O) groups is 1. The van der Waals surface area contributed by atoms with Crippen LogP contribution in [-0.4, -0.2) is 69.6 Å². The maximum absolute atomic E-state index is 11.4. The van der Waals surface area contributed by atoms with Gasteiger partial charge in [0, 0.05) is 30.4 Å². The SMILES string of the molecule is C=C(C)CCOCCOc1cccc(-c2ccc3nc4c5cc(OCC6CCC(C=O)CC6)ccc5c5ccc(OCC6CCC(c7ccc(OCCCCCCOC)cc7)CC6)cc5c4nc3c2)c1. The monoisotopic (exact) mass is 943 g/mol. The second kappa shape index (κ2) is 24.2. The van der Waals surface area contributed by atoms with E-state index >= 15 is 0 Å². The Morgan fingerprint density at radius 1 is 0.557 bits per heavy atom. The average molecular weight is 943 g/mol. The van der Waals surface area contributed by atoms with E-state index in [0.29, 0.717) is 50.8 Å². The van der Waals surface area contributed by atoms with Crippen LogP contribution in [-0.2, 0) is 14.3 Å². The molecule has 1 heterocycles. The summed E-state index contributed by atoms with van der Waals surface area (Å²) in [6.07, 6.45) is 15.0. The van der Waals surface area contributed by atoms with E-state index in [1.165, 1.54) is 18.4 Å². The first kappa shape index (κ1) is 49.0. The van der Waals surface area contributed by atoms with Crippen molar-refractivity contribution in [2.45, 2.75) is 96.3 Å². The largest absolute Gasteiger partial charge is 0.494 e. The Kier molecular flexibility index (Phi) is 16.9. The van der Waals surface area contributed by atoms with Crippen molar-refractivity contribution in [3.63, 3.8) is 0 Å². The number of nitrogens with zero attached hydrogens (tertiary/aromatic N) is 2. The van der Waals surface area contributed by atoms with Gasteiger partial charge in [-0.1, -0.05) is 42.3 Å². The molecular formula is C61H70N2O7. The van der Waals surface area contributed by atoms with Gasteiger partial charge in [-0.2, -0.15) is 0 Å². The van der Waals surface area contributed by atoms with Crippen molar-refractivity contribution >= 4 is 49.9 Å². The minimum atomic E-state index is 0.186. The number of fused-ring (bicyclic) bond motifs is 7. The second-order valence-electron chi connectivity index (χ2n) is 19.8. The first-order valence-electron chi connectivity index (χ1n) is 25.9. The predicted molar refractivity (Wildman–Crippen MR) is 283 cm³/mol. The van der Waals surface area contributed by atoms with Crippen LogP contribution >= 0.6 is 0 Å². The zero-order valence-electron chi connectivity index (χ0n) is 41.3. The number of rotatable bonds is 24. The smallest absolute Gasteiger partial charge is 0.123 e. The predicted octanol–water partition coefficient (Wildman–Crippen LogP) is 14.4. The van der Waals surface area contributed by atoms with Crippen molar-refractivity contribution < 1.29 is 33.2 Å². The van der Waals surface area contributed by atoms with Crippen molar-refractivity contribution in [2.75, 3.05) is 53.4 Å². The van der Waals surface area contributed by atoms with Crippen LogP contribution in [0.2, 0.25) is 0 Å². The lowest BCUT2D eigenvalue weighted by Crippen LogP contribution is -2.20. The third-order valence-electron chi connectivity index (χ3n) is 14.5. The lowest BCUT2D eigenvalue weighted by molar-refractivity contribution is -0.112. The average Bonchev–Trinajstić information content (AvgIpc) is 3.40. The van der Waals surface area contributed by atoms with Gasteiger partial charge in [0.05, 0.1) is 55.1 Å². The van der Waals surface area contributed by atoms with E-state index in [1.807, 2.05) is 19.1 Å². The van der Waals surface area contributed by atoms with Crippen molar-refractivity contribution in [1.29, 1.82) is 0 Å². The van der Waals surface area contributed by atoms with Gasteiger partial charge in [-0.05, 0) is 202 Å². The lowest BCUT2D eigenvalue weighted by Gasteiger charge is -2.29. The molecule has 0 spiro atoms. The molecule has 9 heteroatoms. The second-order valence-corrected chi connectivity index (χ2v) is 19.8. The maximum atomic E-state index is 11.4. The molecule has 2 aliphatic carbocycles. The fourth-order valence-electron chi connectivity index (χ4n) is 10.3. The number of hydrogen-bond acceptors (Lipinski definition) is 9. The molecule has 0 amide bonds. The van der Waals surface area contributed by atoms with E-state index in [4.69, 9.17) is 38.4 Å². The highest BCUT2D eigenvalue weighted by molar-refractivity contribution is 6.24. The summed E-state index contributed by atoms with van der Waals surface area (Å²) in [5.41, 5.74) is 7.90. The number of unbranched alkanes of at least 4 members (excludes halogenated alkanes) is 3. The molecule has 9 rings (SSSR count). The number of aromatic nitrogens is 2. The minimum absolute atomic E-state index is 0.186. The molecule has 2 fully saturated rings. The fourth-order valence-corrected chi connectivity index (χ4v) is 10.3. The summed E-state index contributed by atoms with van der Waals surface area (Å²) in [5.74, 6) is 5.11. The van der Waals surface area contributed by atoms with Crippen LogP contribution in [0.4, 0.5) is 0 Å². The normalized spacial score (nSPS) is 18.3. The molecule has 7 aromatic rings. The van der Waals surface area contributed by atoms with Gasteiger partial charge in [0.25, 0.3) is 0 Å². The first-order chi connectivity index (χ1) is 34.4. The number of ether oxygens (including phenoxy) is 6. The van der Waals surface area contributed by atoms with Crippen molar-refractivity contribution in [3.05, 3.63) is 121 Å². The Labute approximate surface area is 413 Å². The molecule has 1 aromatic heterocycles. The summed E-state index contributed by atoms with van der Waals surface area (Å²) < 4.78 is 36.2. The highest BCUT2D eigenvalue weighted by Crippen LogP contribution is 2.40. The molecule has 0 saturated heterocycles. The number of carbonyl (C=O) groups excluding carboxylic acids is 1. The summed E-state index contributed by atoms with van der Waals surface area (Å²) in [4.78, 5) is 22.2. The van der Waals surface area contributed by atoms with Gasteiger partial charge in [0.15, 0.2) is 0 Å². The first-order valence-corrected chi connectivity index (χ1v) is 25.9. The van der Waals surface area contributed by atoms with Crippen LogP contribution < -0.4 is 18.9 Å². The standard InChI is InChI=1S/C61H70N2O7/c1-42(2)29-32-66-33-34-68-51-10-8-9-48(35-51)49-21-28-58-59(36-49)63-61-57-38-53(70-41-45-15-17-46(18-16-45)47-19-22-50(23-20-47)67-31-7-5-4-6-30-65-3)25-27-55(57)54-26-24-52(37-56(54)60(61)62-58)69-40-44-13-11-43(39-64)12-14-44/h8-10,19-28,35-39,43-46H,1,4-7,11-18,29-34,40-41H2,2-3H3. The molecule has 0 bridgehead atoms. The van der Waals surface area contributed by atoms with Crippen LogP contribution in [0.25, 0.3) is 54.7 Å². The van der Waals surface area contributed by atoms with Crippen molar-refractivity contribution in [1.82, 2.24) is 9.97 Å². The van der Waals surface area contributed by atoms with E-state index in [0.717, 1.165) is 173 Å². The third-order valence-corrected chi connectivity index (χ3v) is 14.5. The zero-order valence-corrected chi connectivity index (χ0v) is 41.3. The Balaban J connectivity index is 0.918. The topological polar surface area (TPSA) is 98.2 Å². The molecule has 0 N–H and O–H groups in total. The minimum Gasteiger partial charge on any atom is -0.494 e. The summed E-state index contributed by atoms with van der Waals surface area (Å²) in [5, 5.41) is 4.22. The molecular weight excluding hydrogens is 873 g/mol. The van der Waals surface area contributed by atoms with Gasteiger partial charge < -0.3 is 33.2 Å². The Hall–Kier alpha value is -6.03. The van der Waals surface area contributed by atoms with Gasteiger partial charge >= 0.3 is 0 Å². The highest BCUT2D eigenvalue weighted by atomic mass is 16.5. The Morgan fingerprint density at radius 3 is 1.81 bits per heavy atom. The zero-order chi connectivity index (χ0) is 48.1. The van der Waals surface area contributed by atoms with Crippen LogP contribution in [0, 0.1) is 17.8 Å². The molecule has 0 aliphatic heterocycles. The lowest BCUT2D eigenvalue weighted by atomic mass is 9.79. The van der Waals surface area contributed by atoms with Gasteiger partial charge in [0.2, 0.25) is 0 Å². The molecule has 70 heavy (non-hydrogen) atoms. The van der Waals surface area contributed by atoms with E-state index in [9.17, 15) is 4.79 Å². The number of aldehydes is 1. The third kappa shape index (κ3) is 12.6. The summed E-state index contributed by atoms with van der Waals surface area (Å²) >= 11 is 0. The molecule has 0 radical (unpaired) electrons. The summed E-state index contributed by atoms with van der Waals surface area (Å²) in [7, 11) is 1.76. The Morgan fingerprint density at radius 2 is 1.16 bits per heavy atom. The van der Waals surface area contributed by atoms with Crippen LogP contribution in [0.1, 0.15) is 102 Å². The highest BCUT2D eigenvalue weighted by Gasteiger charge is 2.24. The number of benzene rings is 6. The van der Waals surface area contributed by atoms with E-state index in [2.05, 4.69) is 97.6 Å². The molecule has 6 aromatic carbocycles. The molecule has 0 atom stereocenters. The van der Waals surface area contributed by atoms with Crippen LogP contribution in [0.3, 0.4) is 0 Å². The molecule has 9 nitrogen and oxygen atoms in total. The quantitative estimate of drug-likeness (QED) is 0.0193. The fraction of sp³-hybridized carbons (Fsp3) is 0.426. The van der Waals surface area contributed by atoms with E-state index < -0.39 is 0 Å². The van der Waals surface area contributed by atoms with E-state index in [-0.39, 0.29) is 5.92 Å². The summed E-state index contributed by atoms with van der Waals surface area (Å²) in [6.45, 7) is 10.5. The molecule has 0 unspecified atom stereocenters.